The standard InChI is InChI=1S/C24H28ClN6O4.F6P/c1-5-20-26-19(27-35-20)14-31-22(17-6-8-18(25)9-7-17)21(16(2)29(4)24(31)33)23(32)34-13-12-30-11-10-28(3)15-30;1-7(2,3,4,5)6/h6-11,15,22H,5,12-14H2,1-4H3;/q+1;-1. The van der Waals surface area contributed by atoms with Gasteiger partial charge in [0.2, 0.25) is 12.2 Å². The van der Waals surface area contributed by atoms with Crippen LogP contribution in [0.1, 0.15) is 37.2 Å². The van der Waals surface area contributed by atoms with Crippen molar-refractivity contribution in [3.8, 4) is 0 Å². The molecule has 3 aromatic rings. The second kappa shape index (κ2) is 11.6. The van der Waals surface area contributed by atoms with E-state index in [1.54, 1.807) is 43.1 Å². The van der Waals surface area contributed by atoms with Crippen LogP contribution >= 0.6 is 19.4 Å². The predicted octanol–water partition coefficient (Wildman–Crippen LogP) is 6.42. The molecule has 0 spiro atoms. The molecule has 2 amide bonds. The van der Waals surface area contributed by atoms with Gasteiger partial charge >= 0.3 is 45.0 Å². The van der Waals surface area contributed by atoms with Gasteiger partial charge in [0, 0.05) is 24.2 Å². The maximum atomic E-state index is 13.4. The molecule has 1 atom stereocenters. The first-order valence-electron chi connectivity index (χ1n) is 12.3. The van der Waals surface area contributed by atoms with Gasteiger partial charge in [-0.2, -0.15) is 4.98 Å². The zero-order chi connectivity index (χ0) is 31.5. The van der Waals surface area contributed by atoms with Crippen molar-refractivity contribution in [3.05, 3.63) is 76.6 Å². The molecular formula is C24H28ClF6N6O4P. The van der Waals surface area contributed by atoms with Crippen molar-refractivity contribution in [2.45, 2.75) is 39.4 Å². The predicted molar refractivity (Wildman–Crippen MR) is 139 cm³/mol. The normalized spacial score (nSPS) is 17.4. The summed E-state index contributed by atoms with van der Waals surface area (Å²) >= 11 is 6.11. The molecule has 18 heteroatoms. The van der Waals surface area contributed by atoms with Crippen molar-refractivity contribution in [1.82, 2.24) is 24.5 Å². The summed E-state index contributed by atoms with van der Waals surface area (Å²) in [6, 6.07) is 6.05. The second-order valence-electron chi connectivity index (χ2n) is 9.29. The Morgan fingerprint density at radius 1 is 1.17 bits per heavy atom. The molecule has 0 bridgehead atoms. The number of hydrogen-bond donors (Lipinski definition) is 0. The molecule has 1 unspecified atom stereocenters. The molecule has 1 aliphatic heterocycles. The van der Waals surface area contributed by atoms with Crippen molar-refractivity contribution in [1.29, 1.82) is 0 Å². The number of carbonyl (C=O) groups is 2. The van der Waals surface area contributed by atoms with Crippen LogP contribution in [-0.2, 0) is 36.1 Å². The van der Waals surface area contributed by atoms with E-state index >= 15 is 0 Å². The molecule has 0 fully saturated rings. The molecule has 232 valence electrons. The van der Waals surface area contributed by atoms with Gasteiger partial charge in [-0.05, 0) is 24.6 Å². The second-order valence-corrected chi connectivity index (χ2v) is 11.6. The van der Waals surface area contributed by atoms with E-state index in [1.165, 1.54) is 4.90 Å². The average molecular weight is 645 g/mol. The van der Waals surface area contributed by atoms with E-state index in [9.17, 15) is 34.8 Å². The molecule has 1 aromatic carbocycles. The molecule has 0 saturated carbocycles. The monoisotopic (exact) mass is 644 g/mol. The van der Waals surface area contributed by atoms with Crippen molar-refractivity contribution >= 4 is 31.4 Å². The van der Waals surface area contributed by atoms with Gasteiger partial charge in [-0.3, -0.25) is 0 Å². The number of esters is 1. The maximum absolute atomic E-state index is 13.4. The van der Waals surface area contributed by atoms with Crippen molar-refractivity contribution in [2.24, 2.45) is 7.05 Å². The molecule has 3 heterocycles. The van der Waals surface area contributed by atoms with Crippen molar-refractivity contribution in [2.75, 3.05) is 13.7 Å². The third-order valence-electron chi connectivity index (χ3n) is 5.95. The number of allylic oxidation sites excluding steroid dienone is 1. The van der Waals surface area contributed by atoms with Crippen molar-refractivity contribution < 1.29 is 48.6 Å². The number of urea groups is 1. The third kappa shape index (κ3) is 9.72. The number of carbonyl (C=O) groups excluding carboxylic acids is 2. The van der Waals surface area contributed by atoms with E-state index < -0.39 is 19.8 Å². The van der Waals surface area contributed by atoms with E-state index in [0.717, 1.165) is 5.56 Å². The summed E-state index contributed by atoms with van der Waals surface area (Å²) in [4.78, 5) is 34.1. The fraction of sp³-hybridized carbons (Fsp3) is 0.375. The number of ether oxygens (including phenoxy) is 1. The van der Waals surface area contributed by atoms with Crippen LogP contribution in [0.25, 0.3) is 0 Å². The SMILES string of the molecule is CCc1nc(CN2C(=O)N(C)C(C)=C(C(=O)OCCn3cc[n+](C)c3)C2c2ccc(Cl)cc2)no1.F[P-](F)(F)(F)(F)F. The Balaban J connectivity index is 0.000000616. The number of halogens is 7. The Morgan fingerprint density at radius 2 is 1.79 bits per heavy atom. The van der Waals surface area contributed by atoms with Crippen LogP contribution in [0.15, 0.2) is 58.8 Å². The van der Waals surface area contributed by atoms with Gasteiger partial charge in [-0.15, -0.1) is 0 Å². The fourth-order valence-corrected chi connectivity index (χ4v) is 4.12. The molecular weight excluding hydrogens is 617 g/mol. The summed E-state index contributed by atoms with van der Waals surface area (Å²) in [5, 5.41) is 4.55. The molecule has 0 aliphatic carbocycles. The number of benzene rings is 1. The first kappa shape index (κ1) is 32.9. The molecule has 2 aromatic heterocycles. The zero-order valence-electron chi connectivity index (χ0n) is 22.9. The van der Waals surface area contributed by atoms with Gasteiger partial charge in [0.15, 0.2) is 5.82 Å². The van der Waals surface area contributed by atoms with Gasteiger partial charge in [0.1, 0.15) is 25.5 Å². The van der Waals surface area contributed by atoms with E-state index in [2.05, 4.69) is 10.1 Å². The molecule has 4 rings (SSSR count). The van der Waals surface area contributed by atoms with Gasteiger partial charge in [0.25, 0.3) is 0 Å². The molecule has 10 nitrogen and oxygen atoms in total. The Labute approximate surface area is 241 Å². The molecule has 42 heavy (non-hydrogen) atoms. The van der Waals surface area contributed by atoms with Crippen LogP contribution in [0.3, 0.4) is 0 Å². The topological polar surface area (TPSA) is 97.6 Å². The number of aryl methyl sites for hydroxylation is 2. The average Bonchev–Trinajstić information content (AvgIpc) is 3.51. The Hall–Kier alpha value is -3.65. The van der Waals surface area contributed by atoms with Gasteiger partial charge in [0.05, 0.1) is 25.2 Å². The summed E-state index contributed by atoms with van der Waals surface area (Å²) in [6.45, 7) is 4.39. The van der Waals surface area contributed by atoms with Gasteiger partial charge < -0.3 is 19.1 Å². The van der Waals surface area contributed by atoms with E-state index in [-0.39, 0.29) is 19.2 Å². The third-order valence-corrected chi connectivity index (χ3v) is 6.20. The molecule has 0 saturated heterocycles. The van der Waals surface area contributed by atoms with Crippen molar-refractivity contribution in [3.63, 3.8) is 0 Å². The summed E-state index contributed by atoms with van der Waals surface area (Å²) in [7, 11) is -7.11. The summed E-state index contributed by atoms with van der Waals surface area (Å²) in [5.41, 5.74) is 1.61. The number of nitrogens with zero attached hydrogens (tertiary/aromatic N) is 6. The van der Waals surface area contributed by atoms with Crippen LogP contribution in [-0.4, -0.2) is 50.2 Å². The Bertz CT molecular complexity index is 1470. The number of amides is 2. The van der Waals surface area contributed by atoms with E-state index in [4.69, 9.17) is 20.9 Å². The Kier molecular flexibility index (Phi) is 9.04. The first-order valence-corrected chi connectivity index (χ1v) is 14.7. The van der Waals surface area contributed by atoms with Gasteiger partial charge in [-0.25, -0.2) is 18.7 Å². The number of rotatable bonds is 8. The first-order chi connectivity index (χ1) is 19.2. The molecule has 1 aliphatic rings. The zero-order valence-corrected chi connectivity index (χ0v) is 24.5. The van der Waals surface area contributed by atoms with E-state index in [1.807, 2.05) is 41.8 Å². The number of imidazole rings is 1. The van der Waals surface area contributed by atoms with Crippen LogP contribution in [0, 0.1) is 0 Å². The Morgan fingerprint density at radius 3 is 2.31 bits per heavy atom. The minimum atomic E-state index is -10.7. The van der Waals surface area contributed by atoms with Crippen LogP contribution in [0.5, 0.6) is 0 Å². The molecule has 0 radical (unpaired) electrons. The van der Waals surface area contributed by atoms with Gasteiger partial charge in [-0.1, -0.05) is 35.8 Å². The van der Waals surface area contributed by atoms with Crippen LogP contribution in [0.4, 0.5) is 30.0 Å². The van der Waals surface area contributed by atoms with Crippen LogP contribution in [0.2, 0.25) is 5.02 Å². The quantitative estimate of drug-likeness (QED) is 0.122. The number of hydrogen-bond acceptors (Lipinski definition) is 6. The number of aromatic nitrogens is 4. The summed E-state index contributed by atoms with van der Waals surface area (Å²) in [6.07, 6.45) is 6.29. The fourth-order valence-electron chi connectivity index (χ4n) is 4.00. The van der Waals surface area contributed by atoms with Crippen LogP contribution < -0.4 is 4.57 Å². The summed E-state index contributed by atoms with van der Waals surface area (Å²) in [5.74, 6) is 0.339. The summed E-state index contributed by atoms with van der Waals surface area (Å²) < 4.78 is 73.9. The van der Waals surface area contributed by atoms with E-state index in [0.29, 0.717) is 41.0 Å². The minimum absolute atomic E-state index is 0.0594. The molecule has 0 N–H and O–H groups in total.